The summed E-state index contributed by atoms with van der Waals surface area (Å²) in [7, 11) is 0. The highest BCUT2D eigenvalue weighted by Crippen LogP contribution is 2.26. The molecule has 1 aromatic carbocycles. The second-order valence-corrected chi connectivity index (χ2v) is 7.18. The molecule has 0 unspecified atom stereocenters. The van der Waals surface area contributed by atoms with Crippen molar-refractivity contribution in [2.24, 2.45) is 0 Å². The number of amides is 2. The number of rotatable bonds is 1. The number of benzene rings is 1. The number of piperazine rings is 1. The molecule has 2 heterocycles. The summed E-state index contributed by atoms with van der Waals surface area (Å²) < 4.78 is 10.9. The van der Waals surface area contributed by atoms with Crippen molar-refractivity contribution in [3.05, 3.63) is 29.3 Å². The number of ether oxygens (including phenoxy) is 2. The second-order valence-electron chi connectivity index (χ2n) is 7.18. The minimum atomic E-state index is -0.503. The van der Waals surface area contributed by atoms with Gasteiger partial charge in [-0.25, -0.2) is 4.79 Å². The molecule has 6 heteroatoms. The van der Waals surface area contributed by atoms with Gasteiger partial charge in [0.25, 0.3) is 5.91 Å². The summed E-state index contributed by atoms with van der Waals surface area (Å²) in [6.45, 7) is 8.26. The smallest absolute Gasteiger partial charge is 0.410 e. The van der Waals surface area contributed by atoms with Gasteiger partial charge >= 0.3 is 6.09 Å². The highest BCUT2D eigenvalue weighted by Gasteiger charge is 2.28. The van der Waals surface area contributed by atoms with Gasteiger partial charge in [0, 0.05) is 38.2 Å². The quantitative estimate of drug-likeness (QED) is 0.792. The monoisotopic (exact) mass is 332 g/mol. The first kappa shape index (κ1) is 16.6. The lowest BCUT2D eigenvalue weighted by atomic mass is 10.1. The third kappa shape index (κ3) is 3.63. The van der Waals surface area contributed by atoms with Crippen molar-refractivity contribution in [1.82, 2.24) is 9.80 Å². The Kier molecular flexibility index (Phi) is 4.39. The molecule has 1 aromatic rings. The van der Waals surface area contributed by atoms with E-state index in [1.807, 2.05) is 39.0 Å². The summed E-state index contributed by atoms with van der Waals surface area (Å²) in [5, 5.41) is 0. The molecular weight excluding hydrogens is 308 g/mol. The van der Waals surface area contributed by atoms with Crippen LogP contribution < -0.4 is 4.74 Å². The van der Waals surface area contributed by atoms with Gasteiger partial charge in [0.15, 0.2) is 0 Å². The fourth-order valence-electron chi connectivity index (χ4n) is 2.92. The molecule has 3 rings (SSSR count). The van der Waals surface area contributed by atoms with Gasteiger partial charge in [0.2, 0.25) is 0 Å². The van der Waals surface area contributed by atoms with Gasteiger partial charge in [-0.3, -0.25) is 4.79 Å². The molecule has 6 nitrogen and oxygen atoms in total. The summed E-state index contributed by atoms with van der Waals surface area (Å²) in [4.78, 5) is 28.2. The molecule has 2 aliphatic rings. The largest absolute Gasteiger partial charge is 0.493 e. The highest BCUT2D eigenvalue weighted by atomic mass is 16.6. The minimum absolute atomic E-state index is 0.00791. The van der Waals surface area contributed by atoms with E-state index in [9.17, 15) is 9.59 Å². The van der Waals surface area contributed by atoms with Crippen LogP contribution in [0.2, 0.25) is 0 Å². The molecule has 0 bridgehead atoms. The molecule has 0 radical (unpaired) electrons. The number of nitrogens with zero attached hydrogens (tertiary/aromatic N) is 2. The lowest BCUT2D eigenvalue weighted by Gasteiger charge is -2.35. The molecule has 0 aliphatic carbocycles. The maximum absolute atomic E-state index is 12.7. The van der Waals surface area contributed by atoms with Gasteiger partial charge < -0.3 is 19.3 Å². The summed E-state index contributed by atoms with van der Waals surface area (Å²) in [6.07, 6.45) is 0.535. The Morgan fingerprint density at radius 2 is 1.75 bits per heavy atom. The predicted octanol–water partition coefficient (Wildman–Crippen LogP) is 2.31. The van der Waals surface area contributed by atoms with Crippen molar-refractivity contribution in [3.63, 3.8) is 0 Å². The minimum Gasteiger partial charge on any atom is -0.493 e. The predicted molar refractivity (Wildman–Crippen MR) is 89.4 cm³/mol. The normalized spacial score (nSPS) is 17.3. The van der Waals surface area contributed by atoms with E-state index < -0.39 is 5.60 Å². The molecule has 2 amide bonds. The zero-order valence-electron chi connectivity index (χ0n) is 14.5. The van der Waals surface area contributed by atoms with Crippen LogP contribution >= 0.6 is 0 Å². The van der Waals surface area contributed by atoms with Crippen LogP contribution in [0.4, 0.5) is 4.79 Å². The van der Waals surface area contributed by atoms with E-state index in [-0.39, 0.29) is 12.0 Å². The van der Waals surface area contributed by atoms with Crippen molar-refractivity contribution < 1.29 is 19.1 Å². The van der Waals surface area contributed by atoms with Gasteiger partial charge in [0.1, 0.15) is 11.4 Å². The van der Waals surface area contributed by atoms with E-state index in [2.05, 4.69) is 0 Å². The maximum Gasteiger partial charge on any atom is 0.410 e. The third-order valence-electron chi connectivity index (χ3n) is 4.15. The van der Waals surface area contributed by atoms with Crippen LogP contribution in [0.3, 0.4) is 0 Å². The van der Waals surface area contributed by atoms with E-state index in [4.69, 9.17) is 9.47 Å². The number of carbonyl (C=O) groups excluding carboxylic acids is 2. The lowest BCUT2D eigenvalue weighted by molar-refractivity contribution is 0.0141. The van der Waals surface area contributed by atoms with Crippen molar-refractivity contribution in [2.75, 3.05) is 32.8 Å². The molecule has 1 saturated heterocycles. The van der Waals surface area contributed by atoms with E-state index in [0.29, 0.717) is 38.3 Å². The molecular formula is C18H24N2O4. The van der Waals surface area contributed by atoms with Crippen molar-refractivity contribution in [3.8, 4) is 5.75 Å². The van der Waals surface area contributed by atoms with E-state index in [1.165, 1.54) is 0 Å². The van der Waals surface area contributed by atoms with Crippen LogP contribution in [-0.2, 0) is 11.2 Å². The Morgan fingerprint density at radius 3 is 2.42 bits per heavy atom. The number of hydrogen-bond donors (Lipinski definition) is 0. The Balaban J connectivity index is 1.58. The zero-order valence-corrected chi connectivity index (χ0v) is 14.5. The standard InChI is InChI=1S/C18H24N2O4/c1-18(2,3)24-17(22)20-9-7-19(8-10-20)16(21)14-4-5-15-13(12-14)6-11-23-15/h4-5,12H,6-11H2,1-3H3. The molecule has 0 N–H and O–H groups in total. The number of hydrogen-bond acceptors (Lipinski definition) is 4. The summed E-state index contributed by atoms with van der Waals surface area (Å²) in [6, 6.07) is 5.60. The first-order chi connectivity index (χ1) is 11.3. The van der Waals surface area contributed by atoms with Crippen LogP contribution in [0.15, 0.2) is 18.2 Å². The lowest BCUT2D eigenvalue weighted by Crippen LogP contribution is -2.51. The second kappa shape index (κ2) is 6.34. The van der Waals surface area contributed by atoms with Crippen molar-refractivity contribution in [1.29, 1.82) is 0 Å². The zero-order chi connectivity index (χ0) is 17.3. The average molecular weight is 332 g/mol. The molecule has 130 valence electrons. The fourth-order valence-corrected chi connectivity index (χ4v) is 2.92. The molecule has 0 saturated carbocycles. The van der Waals surface area contributed by atoms with Crippen LogP contribution in [-0.4, -0.2) is 60.2 Å². The third-order valence-corrected chi connectivity index (χ3v) is 4.15. The summed E-state index contributed by atoms with van der Waals surface area (Å²) in [5.41, 5.74) is 1.27. The van der Waals surface area contributed by atoms with Gasteiger partial charge in [-0.05, 0) is 44.5 Å². The summed E-state index contributed by atoms with van der Waals surface area (Å²) >= 11 is 0. The van der Waals surface area contributed by atoms with Gasteiger partial charge in [-0.2, -0.15) is 0 Å². The Morgan fingerprint density at radius 1 is 1.08 bits per heavy atom. The van der Waals surface area contributed by atoms with Gasteiger partial charge in [-0.1, -0.05) is 0 Å². The van der Waals surface area contributed by atoms with E-state index in [0.717, 1.165) is 17.7 Å². The molecule has 0 aromatic heterocycles. The summed E-state index contributed by atoms with van der Waals surface area (Å²) in [5.74, 6) is 0.884. The number of carbonyl (C=O) groups is 2. The van der Waals surface area contributed by atoms with E-state index in [1.54, 1.807) is 9.80 Å². The van der Waals surface area contributed by atoms with Crippen LogP contribution in [0.1, 0.15) is 36.7 Å². The average Bonchev–Trinajstić information content (AvgIpc) is 3.00. The molecule has 0 atom stereocenters. The Hall–Kier alpha value is -2.24. The first-order valence-electron chi connectivity index (χ1n) is 8.36. The van der Waals surface area contributed by atoms with E-state index >= 15 is 0 Å². The maximum atomic E-state index is 12.7. The number of fused-ring (bicyclic) bond motifs is 1. The Labute approximate surface area is 142 Å². The van der Waals surface area contributed by atoms with Crippen LogP contribution in [0, 0.1) is 0 Å². The SMILES string of the molecule is CC(C)(C)OC(=O)N1CCN(C(=O)c2ccc3c(c2)CCO3)CC1. The molecule has 24 heavy (non-hydrogen) atoms. The van der Waals surface area contributed by atoms with Gasteiger partial charge in [0.05, 0.1) is 6.61 Å². The Bertz CT molecular complexity index is 643. The van der Waals surface area contributed by atoms with Crippen molar-refractivity contribution in [2.45, 2.75) is 32.8 Å². The molecule has 0 spiro atoms. The topological polar surface area (TPSA) is 59.1 Å². The fraction of sp³-hybridized carbons (Fsp3) is 0.556. The van der Waals surface area contributed by atoms with Crippen molar-refractivity contribution >= 4 is 12.0 Å². The van der Waals surface area contributed by atoms with Crippen LogP contribution in [0.25, 0.3) is 0 Å². The van der Waals surface area contributed by atoms with Gasteiger partial charge in [-0.15, -0.1) is 0 Å². The molecule has 2 aliphatic heterocycles. The molecule has 1 fully saturated rings. The first-order valence-corrected chi connectivity index (χ1v) is 8.36. The highest BCUT2D eigenvalue weighted by molar-refractivity contribution is 5.94. The van der Waals surface area contributed by atoms with Crippen LogP contribution in [0.5, 0.6) is 5.75 Å².